The van der Waals surface area contributed by atoms with Crippen LogP contribution in [0.15, 0.2) is 48.5 Å². The summed E-state index contributed by atoms with van der Waals surface area (Å²) >= 11 is 0. The quantitative estimate of drug-likeness (QED) is 0.856. The van der Waals surface area contributed by atoms with Crippen molar-refractivity contribution in [2.75, 3.05) is 11.9 Å². The minimum absolute atomic E-state index is 0.0186. The van der Waals surface area contributed by atoms with Gasteiger partial charge >= 0.3 is 0 Å². The number of nitrogens with one attached hydrogen (secondary N) is 2. The van der Waals surface area contributed by atoms with Gasteiger partial charge in [0.25, 0.3) is 11.8 Å². The maximum absolute atomic E-state index is 13.5. The molecule has 0 saturated carbocycles. The first kappa shape index (κ1) is 17.5. The number of carbonyl (C=O) groups is 2. The molecule has 24 heavy (non-hydrogen) atoms. The second-order valence-corrected chi connectivity index (χ2v) is 5.44. The van der Waals surface area contributed by atoms with Crippen LogP contribution in [0.5, 0.6) is 5.75 Å². The van der Waals surface area contributed by atoms with Gasteiger partial charge in [-0.2, -0.15) is 0 Å². The molecule has 6 heteroatoms. The van der Waals surface area contributed by atoms with Gasteiger partial charge in [0.15, 0.2) is 6.61 Å². The lowest BCUT2D eigenvalue weighted by molar-refractivity contribution is -0.118. The first-order valence-electron chi connectivity index (χ1n) is 7.54. The second-order valence-electron chi connectivity index (χ2n) is 5.44. The van der Waals surface area contributed by atoms with Crippen molar-refractivity contribution in [1.82, 2.24) is 5.32 Å². The summed E-state index contributed by atoms with van der Waals surface area (Å²) in [4.78, 5) is 24.0. The Kier molecular flexibility index (Phi) is 5.89. The molecule has 2 amide bonds. The largest absolute Gasteiger partial charge is 0.483 e. The van der Waals surface area contributed by atoms with Gasteiger partial charge < -0.3 is 15.4 Å². The second kappa shape index (κ2) is 8.10. The number of hydrogen-bond donors (Lipinski definition) is 2. The van der Waals surface area contributed by atoms with Crippen molar-refractivity contribution in [2.24, 2.45) is 0 Å². The van der Waals surface area contributed by atoms with Crippen molar-refractivity contribution in [3.63, 3.8) is 0 Å². The van der Waals surface area contributed by atoms with E-state index in [1.165, 1.54) is 18.2 Å². The molecule has 2 rings (SSSR count). The molecule has 5 nitrogen and oxygen atoms in total. The van der Waals surface area contributed by atoms with Crippen LogP contribution < -0.4 is 15.4 Å². The van der Waals surface area contributed by atoms with Crippen molar-refractivity contribution in [2.45, 2.75) is 19.9 Å². The molecule has 2 aromatic rings. The van der Waals surface area contributed by atoms with Crippen LogP contribution in [-0.4, -0.2) is 24.5 Å². The van der Waals surface area contributed by atoms with Gasteiger partial charge in [-0.05, 0) is 38.1 Å². The standard InChI is InChI=1S/C18H19FN2O3/c1-12(2)20-18(23)13-7-3-6-10-16(13)24-11-17(22)21-15-9-5-4-8-14(15)19/h3-10,12H,11H2,1-2H3,(H,20,23)(H,21,22). The molecule has 0 aliphatic heterocycles. The Morgan fingerprint density at radius 1 is 1.08 bits per heavy atom. The Morgan fingerprint density at radius 3 is 2.46 bits per heavy atom. The topological polar surface area (TPSA) is 67.4 Å². The summed E-state index contributed by atoms with van der Waals surface area (Å²) < 4.78 is 18.9. The SMILES string of the molecule is CC(C)NC(=O)c1ccccc1OCC(=O)Nc1ccccc1F. The van der Waals surface area contributed by atoms with Crippen LogP contribution in [0.4, 0.5) is 10.1 Å². The van der Waals surface area contributed by atoms with Crippen LogP contribution in [0.3, 0.4) is 0 Å². The molecule has 0 aliphatic rings. The number of amides is 2. The fourth-order valence-electron chi connectivity index (χ4n) is 2.01. The van der Waals surface area contributed by atoms with Gasteiger partial charge in [0.2, 0.25) is 0 Å². The number of hydrogen-bond acceptors (Lipinski definition) is 3. The predicted octanol–water partition coefficient (Wildman–Crippen LogP) is 2.98. The van der Waals surface area contributed by atoms with E-state index in [0.29, 0.717) is 11.3 Å². The lowest BCUT2D eigenvalue weighted by Crippen LogP contribution is -2.30. The molecule has 0 fully saturated rings. The molecule has 0 unspecified atom stereocenters. The highest BCUT2D eigenvalue weighted by atomic mass is 19.1. The maximum Gasteiger partial charge on any atom is 0.262 e. The van der Waals surface area contributed by atoms with E-state index < -0.39 is 11.7 Å². The number of para-hydroxylation sites is 2. The molecule has 2 N–H and O–H groups in total. The van der Waals surface area contributed by atoms with Crippen molar-refractivity contribution < 1.29 is 18.7 Å². The molecule has 2 aromatic carbocycles. The van der Waals surface area contributed by atoms with Crippen LogP contribution in [-0.2, 0) is 4.79 Å². The normalized spacial score (nSPS) is 10.3. The number of carbonyl (C=O) groups excluding carboxylic acids is 2. The van der Waals surface area contributed by atoms with Crippen LogP contribution in [0, 0.1) is 5.82 Å². The maximum atomic E-state index is 13.5. The number of halogens is 1. The molecule has 0 radical (unpaired) electrons. The van der Waals surface area contributed by atoms with Gasteiger partial charge in [-0.1, -0.05) is 24.3 Å². The average Bonchev–Trinajstić information content (AvgIpc) is 2.55. The van der Waals surface area contributed by atoms with Gasteiger partial charge in [0.1, 0.15) is 11.6 Å². The van der Waals surface area contributed by atoms with Gasteiger partial charge in [-0.15, -0.1) is 0 Å². The van der Waals surface area contributed by atoms with E-state index in [4.69, 9.17) is 4.74 Å². The molecular formula is C18H19FN2O3. The van der Waals surface area contributed by atoms with E-state index >= 15 is 0 Å². The smallest absolute Gasteiger partial charge is 0.262 e. The summed E-state index contributed by atoms with van der Waals surface area (Å²) in [6, 6.07) is 12.5. The minimum atomic E-state index is -0.525. The Hall–Kier alpha value is -2.89. The zero-order valence-electron chi connectivity index (χ0n) is 13.5. The van der Waals surface area contributed by atoms with E-state index in [-0.39, 0.29) is 24.2 Å². The summed E-state index contributed by atoms with van der Waals surface area (Å²) in [5.74, 6) is -1.03. The molecular weight excluding hydrogens is 311 g/mol. The third-order valence-corrected chi connectivity index (χ3v) is 3.06. The highest BCUT2D eigenvalue weighted by Crippen LogP contribution is 2.18. The predicted molar refractivity (Wildman–Crippen MR) is 89.6 cm³/mol. The van der Waals surface area contributed by atoms with Crippen molar-refractivity contribution in [3.8, 4) is 5.75 Å². The molecule has 0 heterocycles. The summed E-state index contributed by atoms with van der Waals surface area (Å²) in [5.41, 5.74) is 0.418. The summed E-state index contributed by atoms with van der Waals surface area (Å²) in [6.07, 6.45) is 0. The monoisotopic (exact) mass is 330 g/mol. The van der Waals surface area contributed by atoms with Gasteiger partial charge in [-0.3, -0.25) is 9.59 Å². The minimum Gasteiger partial charge on any atom is -0.483 e. The summed E-state index contributed by atoms with van der Waals surface area (Å²) in [6.45, 7) is 3.37. The van der Waals surface area contributed by atoms with Crippen molar-refractivity contribution in [1.29, 1.82) is 0 Å². The zero-order valence-corrected chi connectivity index (χ0v) is 13.5. The third kappa shape index (κ3) is 4.81. The number of anilines is 1. The zero-order chi connectivity index (χ0) is 17.5. The number of ether oxygens (including phenoxy) is 1. The average molecular weight is 330 g/mol. The fraction of sp³-hybridized carbons (Fsp3) is 0.222. The molecule has 0 atom stereocenters. The van der Waals surface area contributed by atoms with Gasteiger partial charge in [0.05, 0.1) is 11.3 Å². The highest BCUT2D eigenvalue weighted by Gasteiger charge is 2.14. The third-order valence-electron chi connectivity index (χ3n) is 3.06. The number of benzene rings is 2. The Morgan fingerprint density at radius 2 is 1.75 bits per heavy atom. The van der Waals surface area contributed by atoms with Crippen molar-refractivity contribution >= 4 is 17.5 Å². The fourth-order valence-corrected chi connectivity index (χ4v) is 2.01. The first-order chi connectivity index (χ1) is 11.5. The Labute approximate surface area is 139 Å². The van der Waals surface area contributed by atoms with Crippen LogP contribution in [0.25, 0.3) is 0 Å². The summed E-state index contributed by atoms with van der Waals surface area (Å²) in [5, 5.41) is 5.19. The van der Waals surface area contributed by atoms with Crippen molar-refractivity contribution in [3.05, 3.63) is 59.9 Å². The van der Waals surface area contributed by atoms with E-state index in [0.717, 1.165) is 0 Å². The Balaban J connectivity index is 2.00. The first-order valence-corrected chi connectivity index (χ1v) is 7.54. The molecule has 0 aliphatic carbocycles. The molecule has 126 valence electrons. The lowest BCUT2D eigenvalue weighted by atomic mass is 10.2. The van der Waals surface area contributed by atoms with Crippen LogP contribution in [0.2, 0.25) is 0 Å². The van der Waals surface area contributed by atoms with Gasteiger partial charge in [-0.25, -0.2) is 4.39 Å². The molecule has 0 bridgehead atoms. The van der Waals surface area contributed by atoms with Crippen LogP contribution >= 0.6 is 0 Å². The van der Waals surface area contributed by atoms with E-state index in [2.05, 4.69) is 10.6 Å². The lowest BCUT2D eigenvalue weighted by Gasteiger charge is -2.13. The van der Waals surface area contributed by atoms with Gasteiger partial charge in [0, 0.05) is 6.04 Å². The number of rotatable bonds is 6. The summed E-state index contributed by atoms with van der Waals surface area (Å²) in [7, 11) is 0. The molecule has 0 aromatic heterocycles. The van der Waals surface area contributed by atoms with E-state index in [9.17, 15) is 14.0 Å². The van der Waals surface area contributed by atoms with E-state index in [1.807, 2.05) is 13.8 Å². The molecule has 0 saturated heterocycles. The Bertz CT molecular complexity index is 732. The highest BCUT2D eigenvalue weighted by molar-refractivity contribution is 5.97. The van der Waals surface area contributed by atoms with Crippen LogP contribution in [0.1, 0.15) is 24.2 Å². The van der Waals surface area contributed by atoms with E-state index in [1.54, 1.807) is 30.3 Å². The molecule has 0 spiro atoms.